The second-order valence-corrected chi connectivity index (χ2v) is 5.93. The number of ether oxygens (including phenoxy) is 2. The van der Waals surface area contributed by atoms with Gasteiger partial charge in [-0.3, -0.25) is 0 Å². The van der Waals surface area contributed by atoms with Crippen molar-refractivity contribution < 1.29 is 22.7 Å². The van der Waals surface area contributed by atoms with E-state index in [2.05, 4.69) is 4.72 Å². The van der Waals surface area contributed by atoms with Gasteiger partial charge in [-0.2, -0.15) is 0 Å². The SMILES string of the molecule is CCOC(=O)C1Cc2cc(S(=O)(=O)NC)ccc2O1. The van der Waals surface area contributed by atoms with Gasteiger partial charge in [-0.25, -0.2) is 17.9 Å². The van der Waals surface area contributed by atoms with Crippen LogP contribution in [-0.4, -0.2) is 34.1 Å². The molecule has 1 unspecified atom stereocenters. The lowest BCUT2D eigenvalue weighted by Crippen LogP contribution is -2.27. The third kappa shape index (κ3) is 2.71. The van der Waals surface area contributed by atoms with Crippen LogP contribution in [0.25, 0.3) is 0 Å². The highest BCUT2D eigenvalue weighted by Gasteiger charge is 2.31. The Morgan fingerprint density at radius 2 is 2.26 bits per heavy atom. The van der Waals surface area contributed by atoms with Gasteiger partial charge in [0.1, 0.15) is 5.75 Å². The van der Waals surface area contributed by atoms with Crippen LogP contribution in [0.3, 0.4) is 0 Å². The Balaban J connectivity index is 2.23. The number of sulfonamides is 1. The summed E-state index contributed by atoms with van der Waals surface area (Å²) in [6.45, 7) is 2.01. The van der Waals surface area contributed by atoms with E-state index in [-0.39, 0.29) is 11.5 Å². The molecule has 2 rings (SSSR count). The quantitative estimate of drug-likeness (QED) is 0.813. The highest BCUT2D eigenvalue weighted by Crippen LogP contribution is 2.31. The van der Waals surface area contributed by atoms with E-state index in [9.17, 15) is 13.2 Å². The van der Waals surface area contributed by atoms with Crippen LogP contribution in [0.4, 0.5) is 0 Å². The number of rotatable bonds is 4. The minimum atomic E-state index is -3.49. The first-order valence-corrected chi connectivity index (χ1v) is 7.36. The molecule has 1 aromatic rings. The molecule has 1 aliphatic rings. The lowest BCUT2D eigenvalue weighted by molar-refractivity contribution is -0.150. The predicted octanol–water partition coefficient (Wildman–Crippen LogP) is 0.461. The number of fused-ring (bicyclic) bond motifs is 1. The maximum absolute atomic E-state index is 11.7. The van der Waals surface area contributed by atoms with Crippen LogP contribution in [0.15, 0.2) is 23.1 Å². The van der Waals surface area contributed by atoms with Crippen LogP contribution in [0.5, 0.6) is 5.75 Å². The van der Waals surface area contributed by atoms with E-state index in [4.69, 9.17) is 9.47 Å². The third-order valence-electron chi connectivity index (χ3n) is 2.84. The van der Waals surface area contributed by atoms with Crippen molar-refractivity contribution >= 4 is 16.0 Å². The van der Waals surface area contributed by atoms with Crippen molar-refractivity contribution in [2.75, 3.05) is 13.7 Å². The van der Waals surface area contributed by atoms with Crippen LogP contribution >= 0.6 is 0 Å². The van der Waals surface area contributed by atoms with Crippen molar-refractivity contribution in [1.82, 2.24) is 4.72 Å². The second-order valence-electron chi connectivity index (χ2n) is 4.04. The Morgan fingerprint density at radius 3 is 2.89 bits per heavy atom. The van der Waals surface area contributed by atoms with Gasteiger partial charge in [-0.05, 0) is 37.7 Å². The smallest absolute Gasteiger partial charge is 0.347 e. The van der Waals surface area contributed by atoms with E-state index >= 15 is 0 Å². The number of carbonyl (C=O) groups is 1. The molecule has 19 heavy (non-hydrogen) atoms. The second kappa shape index (κ2) is 5.18. The normalized spacial score (nSPS) is 17.7. The molecule has 0 aromatic heterocycles. The van der Waals surface area contributed by atoms with Crippen molar-refractivity contribution in [2.24, 2.45) is 0 Å². The average molecular weight is 285 g/mol. The molecule has 104 valence electrons. The van der Waals surface area contributed by atoms with Crippen LogP contribution in [0.1, 0.15) is 12.5 Å². The number of esters is 1. The summed E-state index contributed by atoms with van der Waals surface area (Å²) in [5.74, 6) is 0.0878. The topological polar surface area (TPSA) is 81.7 Å². The van der Waals surface area contributed by atoms with E-state index in [0.29, 0.717) is 17.7 Å². The fourth-order valence-corrected chi connectivity index (χ4v) is 2.66. The fraction of sp³-hybridized carbons (Fsp3) is 0.417. The van der Waals surface area contributed by atoms with Crippen LogP contribution < -0.4 is 9.46 Å². The average Bonchev–Trinajstić information content (AvgIpc) is 2.81. The first-order valence-electron chi connectivity index (χ1n) is 5.87. The molecule has 0 bridgehead atoms. The monoisotopic (exact) mass is 285 g/mol. The molecule has 0 radical (unpaired) electrons. The Hall–Kier alpha value is -1.60. The predicted molar refractivity (Wildman–Crippen MR) is 67.4 cm³/mol. The van der Waals surface area contributed by atoms with Crippen molar-refractivity contribution in [3.8, 4) is 5.75 Å². The van der Waals surface area contributed by atoms with Gasteiger partial charge in [-0.15, -0.1) is 0 Å². The molecule has 0 saturated carbocycles. The molecule has 0 amide bonds. The highest BCUT2D eigenvalue weighted by atomic mass is 32.2. The zero-order valence-electron chi connectivity index (χ0n) is 10.7. The van der Waals surface area contributed by atoms with E-state index in [1.807, 2.05) is 0 Å². The van der Waals surface area contributed by atoms with Gasteiger partial charge in [0.2, 0.25) is 10.0 Å². The Bertz CT molecular complexity index is 596. The van der Waals surface area contributed by atoms with Crippen LogP contribution in [-0.2, 0) is 26.0 Å². The zero-order valence-corrected chi connectivity index (χ0v) is 11.5. The third-order valence-corrected chi connectivity index (χ3v) is 4.25. The van der Waals surface area contributed by atoms with Gasteiger partial charge in [0.15, 0.2) is 6.10 Å². The summed E-state index contributed by atoms with van der Waals surface area (Å²) in [7, 11) is -2.14. The standard InChI is InChI=1S/C12H15NO5S/c1-3-17-12(14)11-7-8-6-9(19(15,16)13-2)4-5-10(8)18-11/h4-6,11,13H,3,7H2,1-2H3. The fourth-order valence-electron chi connectivity index (χ4n) is 1.88. The Morgan fingerprint density at radius 1 is 1.53 bits per heavy atom. The summed E-state index contributed by atoms with van der Waals surface area (Å²) < 4.78 is 35.9. The molecule has 1 heterocycles. The molecule has 0 saturated heterocycles. The summed E-state index contributed by atoms with van der Waals surface area (Å²) in [6.07, 6.45) is -0.371. The summed E-state index contributed by atoms with van der Waals surface area (Å²) >= 11 is 0. The minimum Gasteiger partial charge on any atom is -0.478 e. The molecule has 6 nitrogen and oxygen atoms in total. The Kier molecular flexibility index (Phi) is 3.77. The van der Waals surface area contributed by atoms with Crippen molar-refractivity contribution in [3.63, 3.8) is 0 Å². The molecule has 1 atom stereocenters. The van der Waals surface area contributed by atoms with E-state index < -0.39 is 22.1 Å². The maximum atomic E-state index is 11.7. The minimum absolute atomic E-state index is 0.154. The molecule has 0 aliphatic carbocycles. The van der Waals surface area contributed by atoms with Gasteiger partial charge in [0.25, 0.3) is 0 Å². The van der Waals surface area contributed by atoms with Gasteiger partial charge >= 0.3 is 5.97 Å². The summed E-state index contributed by atoms with van der Waals surface area (Å²) in [5, 5.41) is 0. The molecule has 1 N–H and O–H groups in total. The van der Waals surface area contributed by atoms with Crippen LogP contribution in [0.2, 0.25) is 0 Å². The van der Waals surface area contributed by atoms with Gasteiger partial charge < -0.3 is 9.47 Å². The van der Waals surface area contributed by atoms with E-state index in [1.165, 1.54) is 19.2 Å². The molecule has 1 aromatic carbocycles. The number of carbonyl (C=O) groups excluding carboxylic acids is 1. The molecular formula is C12H15NO5S. The van der Waals surface area contributed by atoms with Gasteiger partial charge in [-0.1, -0.05) is 0 Å². The maximum Gasteiger partial charge on any atom is 0.347 e. The van der Waals surface area contributed by atoms with Gasteiger partial charge in [0.05, 0.1) is 11.5 Å². The lowest BCUT2D eigenvalue weighted by Gasteiger charge is -2.08. The van der Waals surface area contributed by atoms with E-state index in [1.54, 1.807) is 13.0 Å². The molecular weight excluding hydrogens is 270 g/mol. The largest absolute Gasteiger partial charge is 0.478 e. The lowest BCUT2D eigenvalue weighted by atomic mass is 10.1. The Labute approximate surface area is 111 Å². The molecule has 1 aliphatic heterocycles. The van der Waals surface area contributed by atoms with Crippen LogP contribution in [0, 0.1) is 0 Å². The number of nitrogens with one attached hydrogen (secondary N) is 1. The number of benzene rings is 1. The van der Waals surface area contributed by atoms with Gasteiger partial charge in [0, 0.05) is 6.42 Å². The number of hydrogen-bond donors (Lipinski definition) is 1. The molecule has 0 spiro atoms. The zero-order chi connectivity index (χ0) is 14.0. The summed E-state index contributed by atoms with van der Waals surface area (Å²) in [4.78, 5) is 11.7. The van der Waals surface area contributed by atoms with Crippen molar-refractivity contribution in [1.29, 1.82) is 0 Å². The van der Waals surface area contributed by atoms with E-state index in [0.717, 1.165) is 0 Å². The van der Waals surface area contributed by atoms with Crippen molar-refractivity contribution in [3.05, 3.63) is 23.8 Å². The summed E-state index contributed by atoms with van der Waals surface area (Å²) in [6, 6.07) is 4.51. The highest BCUT2D eigenvalue weighted by molar-refractivity contribution is 7.89. The molecule has 0 fully saturated rings. The van der Waals surface area contributed by atoms with Crippen molar-refractivity contribution in [2.45, 2.75) is 24.3 Å². The first-order chi connectivity index (χ1) is 8.97. The number of hydrogen-bond acceptors (Lipinski definition) is 5. The molecule has 7 heteroatoms. The first kappa shape index (κ1) is 13.8. The summed E-state index contributed by atoms with van der Waals surface area (Å²) in [5.41, 5.74) is 0.689.